The van der Waals surface area contributed by atoms with Crippen molar-refractivity contribution >= 4 is 26.7 Å². The van der Waals surface area contributed by atoms with Gasteiger partial charge in [0.15, 0.2) is 0 Å². The van der Waals surface area contributed by atoms with E-state index in [9.17, 15) is 13.2 Å². The molecular weight excluding hydrogens is 276 g/mol. The van der Waals surface area contributed by atoms with Gasteiger partial charge in [0.1, 0.15) is 0 Å². The molecule has 0 fully saturated rings. The lowest BCUT2D eigenvalue weighted by atomic mass is 10.2. The Bertz CT molecular complexity index is 786. The van der Waals surface area contributed by atoms with Crippen LogP contribution in [0.15, 0.2) is 53.2 Å². The summed E-state index contributed by atoms with van der Waals surface area (Å²) in [6, 6.07) is 6.44. The largest absolute Gasteiger partial charge is 0.269 e. The van der Waals surface area contributed by atoms with Crippen molar-refractivity contribution in [1.82, 2.24) is 9.71 Å². The van der Waals surface area contributed by atoms with Crippen LogP contribution in [-0.4, -0.2) is 19.3 Å². The number of hydrogen-bond donors (Lipinski definition) is 1. The van der Waals surface area contributed by atoms with E-state index in [1.54, 1.807) is 38.2 Å². The van der Waals surface area contributed by atoms with Crippen molar-refractivity contribution in [2.45, 2.75) is 18.7 Å². The van der Waals surface area contributed by atoms with Gasteiger partial charge in [-0.1, -0.05) is 17.7 Å². The standard InChI is InChI=1S/C14H14N2O3S/c1-10(2)8-14(17)16-20(18,19)13-5-3-4-11-9-15-7-6-12(11)13/h3-9H,1-2H3,(H,16,17). The molecule has 0 unspecified atom stereocenters. The highest BCUT2D eigenvalue weighted by Crippen LogP contribution is 2.21. The predicted octanol–water partition coefficient (Wildman–Crippen LogP) is 2.01. The maximum Gasteiger partial charge on any atom is 0.264 e. The van der Waals surface area contributed by atoms with Gasteiger partial charge in [0, 0.05) is 29.2 Å². The molecule has 0 aliphatic heterocycles. The normalized spacial score (nSPS) is 11.1. The second-order valence-corrected chi connectivity index (χ2v) is 6.20. The molecule has 2 rings (SSSR count). The van der Waals surface area contributed by atoms with Crippen molar-refractivity contribution in [3.63, 3.8) is 0 Å². The highest BCUT2D eigenvalue weighted by molar-refractivity contribution is 7.90. The van der Waals surface area contributed by atoms with Crippen LogP contribution in [0.4, 0.5) is 0 Å². The van der Waals surface area contributed by atoms with Crippen LogP contribution in [0.2, 0.25) is 0 Å². The van der Waals surface area contributed by atoms with Crippen molar-refractivity contribution in [2.75, 3.05) is 0 Å². The van der Waals surface area contributed by atoms with E-state index in [1.165, 1.54) is 18.3 Å². The Kier molecular flexibility index (Phi) is 3.85. The first kappa shape index (κ1) is 14.2. The van der Waals surface area contributed by atoms with Crippen LogP contribution in [0.1, 0.15) is 13.8 Å². The number of allylic oxidation sites excluding steroid dienone is 1. The fourth-order valence-corrected chi connectivity index (χ4v) is 2.97. The minimum atomic E-state index is -3.90. The number of aromatic nitrogens is 1. The first-order valence-corrected chi connectivity index (χ1v) is 7.43. The number of benzene rings is 1. The van der Waals surface area contributed by atoms with Gasteiger partial charge in [0.05, 0.1) is 4.90 Å². The number of carbonyl (C=O) groups is 1. The van der Waals surface area contributed by atoms with E-state index in [4.69, 9.17) is 0 Å². The van der Waals surface area contributed by atoms with Gasteiger partial charge in [-0.3, -0.25) is 9.78 Å². The van der Waals surface area contributed by atoms with Crippen LogP contribution in [0.25, 0.3) is 10.8 Å². The molecule has 0 spiro atoms. The lowest BCUT2D eigenvalue weighted by molar-refractivity contribution is -0.114. The topological polar surface area (TPSA) is 76.1 Å². The zero-order valence-electron chi connectivity index (χ0n) is 11.1. The van der Waals surface area contributed by atoms with Gasteiger partial charge in [0.25, 0.3) is 15.9 Å². The lowest BCUT2D eigenvalue weighted by Crippen LogP contribution is -2.29. The summed E-state index contributed by atoms with van der Waals surface area (Å²) in [7, 11) is -3.90. The van der Waals surface area contributed by atoms with Crippen molar-refractivity contribution in [1.29, 1.82) is 0 Å². The number of carbonyl (C=O) groups excluding carboxylic acids is 1. The second-order valence-electron chi connectivity index (χ2n) is 4.54. The molecule has 0 aliphatic rings. The number of hydrogen-bond acceptors (Lipinski definition) is 4. The Morgan fingerprint density at radius 1 is 1.25 bits per heavy atom. The number of nitrogens with zero attached hydrogens (tertiary/aromatic N) is 1. The number of nitrogens with one attached hydrogen (secondary N) is 1. The summed E-state index contributed by atoms with van der Waals surface area (Å²) >= 11 is 0. The zero-order valence-corrected chi connectivity index (χ0v) is 11.9. The van der Waals surface area contributed by atoms with E-state index >= 15 is 0 Å². The molecule has 0 bridgehead atoms. The Morgan fingerprint density at radius 2 is 2.00 bits per heavy atom. The summed E-state index contributed by atoms with van der Waals surface area (Å²) in [4.78, 5) is 15.6. The van der Waals surface area contributed by atoms with E-state index in [0.717, 1.165) is 5.57 Å². The van der Waals surface area contributed by atoms with Crippen LogP contribution in [-0.2, 0) is 14.8 Å². The van der Waals surface area contributed by atoms with Crippen molar-refractivity contribution in [3.05, 3.63) is 48.3 Å². The molecule has 1 heterocycles. The second kappa shape index (κ2) is 5.42. The van der Waals surface area contributed by atoms with E-state index < -0.39 is 15.9 Å². The minimum absolute atomic E-state index is 0.0629. The van der Waals surface area contributed by atoms with Gasteiger partial charge in [-0.05, 0) is 26.0 Å². The van der Waals surface area contributed by atoms with E-state index in [2.05, 4.69) is 4.98 Å². The van der Waals surface area contributed by atoms with Crippen molar-refractivity contribution < 1.29 is 13.2 Å². The monoisotopic (exact) mass is 290 g/mol. The van der Waals surface area contributed by atoms with E-state index in [1.807, 2.05) is 4.72 Å². The summed E-state index contributed by atoms with van der Waals surface area (Å²) in [5.74, 6) is -0.656. The van der Waals surface area contributed by atoms with Gasteiger partial charge in [-0.2, -0.15) is 0 Å². The maximum absolute atomic E-state index is 12.3. The van der Waals surface area contributed by atoms with E-state index in [-0.39, 0.29) is 4.90 Å². The van der Waals surface area contributed by atoms with Crippen LogP contribution < -0.4 is 4.72 Å². The Hall–Kier alpha value is -2.21. The van der Waals surface area contributed by atoms with Crippen LogP contribution in [0.5, 0.6) is 0 Å². The zero-order chi connectivity index (χ0) is 14.8. The molecule has 5 nitrogen and oxygen atoms in total. The van der Waals surface area contributed by atoms with Crippen molar-refractivity contribution in [3.8, 4) is 0 Å². The summed E-state index contributed by atoms with van der Waals surface area (Å²) < 4.78 is 26.5. The summed E-state index contributed by atoms with van der Waals surface area (Å²) in [6.45, 7) is 3.44. The fourth-order valence-electron chi connectivity index (χ4n) is 1.81. The maximum atomic E-state index is 12.3. The highest BCUT2D eigenvalue weighted by Gasteiger charge is 2.19. The molecule has 0 saturated heterocycles. The predicted molar refractivity (Wildman–Crippen MR) is 76.5 cm³/mol. The molecule has 2 aromatic rings. The summed E-state index contributed by atoms with van der Waals surface area (Å²) in [5, 5.41) is 1.23. The fraction of sp³-hybridized carbons (Fsp3) is 0.143. The molecule has 0 aliphatic carbocycles. The molecule has 0 saturated carbocycles. The third-order valence-electron chi connectivity index (χ3n) is 2.58. The number of amides is 1. The third kappa shape index (κ3) is 3.03. The SMILES string of the molecule is CC(C)=CC(=O)NS(=O)(=O)c1cccc2cnccc12. The number of rotatable bonds is 3. The molecule has 1 amide bonds. The molecule has 1 N–H and O–H groups in total. The molecule has 0 atom stereocenters. The minimum Gasteiger partial charge on any atom is -0.269 e. The summed E-state index contributed by atoms with van der Waals surface area (Å²) in [5.41, 5.74) is 0.722. The Balaban J connectivity index is 2.48. The third-order valence-corrected chi connectivity index (χ3v) is 3.99. The Morgan fingerprint density at radius 3 is 2.70 bits per heavy atom. The number of sulfonamides is 1. The average Bonchev–Trinajstić information content (AvgIpc) is 2.36. The first-order chi connectivity index (χ1) is 9.40. The van der Waals surface area contributed by atoms with Gasteiger partial charge < -0.3 is 0 Å². The molecule has 1 aromatic carbocycles. The average molecular weight is 290 g/mol. The van der Waals surface area contributed by atoms with Gasteiger partial charge in [-0.25, -0.2) is 13.1 Å². The van der Waals surface area contributed by atoms with Crippen LogP contribution >= 0.6 is 0 Å². The van der Waals surface area contributed by atoms with Gasteiger partial charge in [-0.15, -0.1) is 0 Å². The van der Waals surface area contributed by atoms with Crippen molar-refractivity contribution in [2.24, 2.45) is 0 Å². The van der Waals surface area contributed by atoms with E-state index in [0.29, 0.717) is 10.8 Å². The smallest absolute Gasteiger partial charge is 0.264 e. The molecule has 6 heteroatoms. The number of pyridine rings is 1. The number of fused-ring (bicyclic) bond motifs is 1. The summed E-state index contributed by atoms with van der Waals surface area (Å²) in [6.07, 6.45) is 4.33. The molecule has 1 aromatic heterocycles. The van der Waals surface area contributed by atoms with Gasteiger partial charge >= 0.3 is 0 Å². The highest BCUT2D eigenvalue weighted by atomic mass is 32.2. The quantitative estimate of drug-likeness (QED) is 0.877. The molecule has 0 radical (unpaired) electrons. The van der Waals surface area contributed by atoms with Gasteiger partial charge in [0.2, 0.25) is 0 Å². The molecule has 104 valence electrons. The van der Waals surface area contributed by atoms with Crippen LogP contribution in [0, 0.1) is 0 Å². The van der Waals surface area contributed by atoms with Crippen LogP contribution in [0.3, 0.4) is 0 Å². The lowest BCUT2D eigenvalue weighted by Gasteiger charge is -2.08. The Labute approximate surface area is 117 Å². The molecular formula is C14H14N2O3S. The molecule has 20 heavy (non-hydrogen) atoms. The first-order valence-electron chi connectivity index (χ1n) is 5.94.